The highest BCUT2D eigenvalue weighted by Gasteiger charge is 2.30. The number of nitrogens with zero attached hydrogens (tertiary/aromatic N) is 1. The Labute approximate surface area is 170 Å². The molecule has 0 spiro atoms. The molecule has 0 atom stereocenters. The second-order valence-electron chi connectivity index (χ2n) is 5.65. The van der Waals surface area contributed by atoms with Gasteiger partial charge < -0.3 is 0 Å². The summed E-state index contributed by atoms with van der Waals surface area (Å²) < 4.78 is 25.1. The summed E-state index contributed by atoms with van der Waals surface area (Å²) in [6, 6.07) is 12.0. The van der Waals surface area contributed by atoms with Crippen LogP contribution < -0.4 is 0 Å². The number of sulfone groups is 1. The molecule has 2 aromatic rings. The Hall–Kier alpha value is -1.80. The van der Waals surface area contributed by atoms with Gasteiger partial charge in [-0.15, -0.1) is 0 Å². The highest BCUT2D eigenvalue weighted by molar-refractivity contribution is 8.05. The Morgan fingerprint density at radius 2 is 1.59 bits per heavy atom. The quantitative estimate of drug-likeness (QED) is 0.654. The van der Waals surface area contributed by atoms with E-state index in [1.165, 1.54) is 29.2 Å². The van der Waals surface area contributed by atoms with Crippen LogP contribution in [0.2, 0.25) is 10.0 Å². The normalized spacial score (nSPS) is 16.1. The lowest BCUT2D eigenvalue weighted by Gasteiger charge is -2.16. The van der Waals surface area contributed by atoms with Gasteiger partial charge in [-0.2, -0.15) is 0 Å². The largest absolute Gasteiger partial charge is 0.298 e. The molecule has 1 fully saturated rings. The molecule has 1 amide bonds. The Balaban J connectivity index is 1.85. The van der Waals surface area contributed by atoms with Crippen molar-refractivity contribution in [1.82, 2.24) is 4.90 Å². The fraction of sp³-hybridized carbons (Fsp3) is 0.111. The van der Waals surface area contributed by atoms with Gasteiger partial charge in [-0.25, -0.2) is 8.42 Å². The van der Waals surface area contributed by atoms with E-state index in [4.69, 9.17) is 23.2 Å². The Morgan fingerprint density at radius 1 is 1.04 bits per heavy atom. The zero-order valence-electron chi connectivity index (χ0n) is 13.8. The average molecular weight is 442 g/mol. The summed E-state index contributed by atoms with van der Waals surface area (Å²) in [5.74, 6) is -0.548. The zero-order chi connectivity index (χ0) is 19.6. The highest BCUT2D eigenvalue weighted by atomic mass is 35.5. The fourth-order valence-electron chi connectivity index (χ4n) is 2.37. The predicted octanol–water partition coefficient (Wildman–Crippen LogP) is 4.02. The fourth-order valence-corrected chi connectivity index (χ4v) is 5.07. The smallest absolute Gasteiger partial charge is 0.238 e. The molecule has 0 aliphatic carbocycles. The van der Waals surface area contributed by atoms with Gasteiger partial charge in [0.05, 0.1) is 27.6 Å². The standard InChI is InChI=1S/C18H13Cl2NO4S2/c19-13-3-1-12(2-4-13)16(22)9-21-17(23)10-26-18(21)11-27(24,25)15-7-5-14(20)6-8-15/h1-8,11H,9-10H2/b18-11-. The Morgan fingerprint density at radius 3 is 2.19 bits per heavy atom. The van der Waals surface area contributed by atoms with Crippen LogP contribution in [0.3, 0.4) is 0 Å². The van der Waals surface area contributed by atoms with Crippen LogP contribution in [0.15, 0.2) is 63.9 Å². The Bertz CT molecular complexity index is 1020. The molecule has 0 aromatic heterocycles. The Kier molecular flexibility index (Phi) is 5.95. The van der Waals surface area contributed by atoms with Gasteiger partial charge in [-0.3, -0.25) is 14.5 Å². The summed E-state index contributed by atoms with van der Waals surface area (Å²) in [6.07, 6.45) is 0. The molecule has 0 N–H and O–H groups in total. The van der Waals surface area contributed by atoms with Crippen LogP contribution in [0.25, 0.3) is 0 Å². The topological polar surface area (TPSA) is 71.5 Å². The molecule has 1 saturated heterocycles. The van der Waals surface area contributed by atoms with E-state index in [9.17, 15) is 18.0 Å². The number of hydrogen-bond acceptors (Lipinski definition) is 5. The lowest BCUT2D eigenvalue weighted by Crippen LogP contribution is -2.30. The minimum atomic E-state index is -3.79. The van der Waals surface area contributed by atoms with Crippen LogP contribution in [-0.4, -0.2) is 37.3 Å². The van der Waals surface area contributed by atoms with E-state index < -0.39 is 9.84 Å². The first kappa shape index (κ1) is 19.9. The molecular weight excluding hydrogens is 429 g/mol. The molecule has 0 saturated carbocycles. The van der Waals surface area contributed by atoms with Gasteiger partial charge in [-0.05, 0) is 48.5 Å². The van der Waals surface area contributed by atoms with Crippen molar-refractivity contribution in [2.45, 2.75) is 4.90 Å². The van der Waals surface area contributed by atoms with E-state index in [-0.39, 0.29) is 33.9 Å². The second-order valence-corrected chi connectivity index (χ2v) is 9.32. The number of carbonyl (C=O) groups excluding carboxylic acids is 2. The number of ketones is 1. The van der Waals surface area contributed by atoms with Crippen molar-refractivity contribution >= 4 is 56.5 Å². The molecule has 3 rings (SSSR count). The number of amides is 1. The lowest BCUT2D eigenvalue weighted by molar-refractivity contribution is -0.125. The van der Waals surface area contributed by atoms with Crippen LogP contribution in [0.1, 0.15) is 10.4 Å². The van der Waals surface area contributed by atoms with Crippen molar-refractivity contribution in [3.63, 3.8) is 0 Å². The van der Waals surface area contributed by atoms with Crippen molar-refractivity contribution in [3.05, 3.63) is 74.6 Å². The average Bonchev–Trinajstić information content (AvgIpc) is 2.95. The molecular formula is C18H13Cl2NO4S2. The van der Waals surface area contributed by atoms with Crippen molar-refractivity contribution in [2.75, 3.05) is 12.3 Å². The van der Waals surface area contributed by atoms with E-state index in [0.29, 0.717) is 15.6 Å². The van der Waals surface area contributed by atoms with E-state index in [1.807, 2.05) is 0 Å². The first-order valence-corrected chi connectivity index (χ1v) is 11.0. The number of halogens is 2. The third kappa shape index (κ3) is 4.73. The van der Waals surface area contributed by atoms with Crippen molar-refractivity contribution < 1.29 is 18.0 Å². The maximum Gasteiger partial charge on any atom is 0.238 e. The molecule has 1 heterocycles. The van der Waals surface area contributed by atoms with Crippen LogP contribution in [0, 0.1) is 0 Å². The van der Waals surface area contributed by atoms with Crippen LogP contribution in [-0.2, 0) is 14.6 Å². The van der Waals surface area contributed by atoms with Gasteiger partial charge in [0.15, 0.2) is 5.78 Å². The van der Waals surface area contributed by atoms with Gasteiger partial charge in [0.25, 0.3) is 0 Å². The summed E-state index contributed by atoms with van der Waals surface area (Å²) in [4.78, 5) is 25.8. The molecule has 5 nitrogen and oxygen atoms in total. The van der Waals surface area contributed by atoms with Gasteiger partial charge in [0.1, 0.15) is 0 Å². The number of carbonyl (C=O) groups is 2. The van der Waals surface area contributed by atoms with E-state index >= 15 is 0 Å². The molecule has 0 bridgehead atoms. The summed E-state index contributed by atoms with van der Waals surface area (Å²) in [6.45, 7) is -0.241. The number of rotatable bonds is 5. The van der Waals surface area contributed by atoms with Crippen LogP contribution in [0.5, 0.6) is 0 Å². The maximum atomic E-state index is 12.6. The van der Waals surface area contributed by atoms with E-state index in [2.05, 4.69) is 0 Å². The summed E-state index contributed by atoms with van der Waals surface area (Å²) in [5.41, 5.74) is 0.393. The molecule has 0 unspecified atom stereocenters. The first-order chi connectivity index (χ1) is 12.8. The molecule has 1 aliphatic rings. The van der Waals surface area contributed by atoms with E-state index in [1.54, 1.807) is 24.3 Å². The van der Waals surface area contributed by atoms with Gasteiger partial charge in [0, 0.05) is 15.6 Å². The second kappa shape index (κ2) is 8.06. The minimum Gasteiger partial charge on any atom is -0.298 e. The van der Waals surface area contributed by atoms with Crippen molar-refractivity contribution in [1.29, 1.82) is 0 Å². The summed E-state index contributed by atoms with van der Waals surface area (Å²) >= 11 is 12.7. The maximum absolute atomic E-state index is 12.6. The van der Waals surface area contributed by atoms with Crippen molar-refractivity contribution in [2.24, 2.45) is 0 Å². The number of thioether (sulfide) groups is 1. The molecule has 140 valence electrons. The SMILES string of the molecule is O=C(CN1C(=O)CS/C1=C\S(=O)(=O)c1ccc(Cl)cc1)c1ccc(Cl)cc1. The monoisotopic (exact) mass is 441 g/mol. The third-order valence-electron chi connectivity index (χ3n) is 3.78. The van der Waals surface area contributed by atoms with Crippen LogP contribution in [0.4, 0.5) is 0 Å². The lowest BCUT2D eigenvalue weighted by atomic mass is 10.1. The number of Topliss-reactive ketones (excluding diaryl/α,β-unsaturated/α-hetero) is 1. The highest BCUT2D eigenvalue weighted by Crippen LogP contribution is 2.31. The van der Waals surface area contributed by atoms with E-state index in [0.717, 1.165) is 17.2 Å². The first-order valence-electron chi connectivity index (χ1n) is 7.70. The molecule has 1 aliphatic heterocycles. The molecule has 9 heteroatoms. The molecule has 0 radical (unpaired) electrons. The number of hydrogen-bond donors (Lipinski definition) is 0. The van der Waals surface area contributed by atoms with Crippen molar-refractivity contribution in [3.8, 4) is 0 Å². The van der Waals surface area contributed by atoms with Gasteiger partial charge in [-0.1, -0.05) is 35.0 Å². The third-order valence-corrected chi connectivity index (χ3v) is 6.92. The number of benzene rings is 2. The zero-order valence-corrected chi connectivity index (χ0v) is 16.9. The minimum absolute atomic E-state index is 0.0586. The predicted molar refractivity (Wildman–Crippen MR) is 107 cm³/mol. The molecule has 27 heavy (non-hydrogen) atoms. The molecule has 2 aromatic carbocycles. The summed E-state index contributed by atoms with van der Waals surface area (Å²) in [5, 5.41) is 2.15. The van der Waals surface area contributed by atoms with Crippen LogP contribution >= 0.6 is 35.0 Å². The van der Waals surface area contributed by atoms with Gasteiger partial charge >= 0.3 is 0 Å². The summed E-state index contributed by atoms with van der Waals surface area (Å²) in [7, 11) is -3.79. The van der Waals surface area contributed by atoms with Gasteiger partial charge in [0.2, 0.25) is 15.7 Å².